The summed E-state index contributed by atoms with van der Waals surface area (Å²) in [6.07, 6.45) is 1.99. The second-order valence-corrected chi connectivity index (χ2v) is 8.38. The first-order chi connectivity index (χ1) is 14.5. The topological polar surface area (TPSA) is 58.6 Å². The number of rotatable bonds is 8. The first-order valence-corrected chi connectivity index (χ1v) is 10.8. The van der Waals surface area contributed by atoms with E-state index in [1.54, 1.807) is 17.0 Å². The van der Waals surface area contributed by atoms with E-state index in [9.17, 15) is 9.59 Å². The van der Waals surface area contributed by atoms with E-state index in [0.29, 0.717) is 18.1 Å². The molecule has 0 radical (unpaired) electrons. The molecule has 1 N–H and O–H groups in total. The molecule has 2 aromatic rings. The molecule has 1 saturated heterocycles. The number of hydrogen-bond acceptors (Lipinski definition) is 3. The third-order valence-corrected chi connectivity index (χ3v) is 5.50. The molecule has 0 aliphatic carbocycles. The summed E-state index contributed by atoms with van der Waals surface area (Å²) in [5.74, 6) is -0.514. The van der Waals surface area contributed by atoms with E-state index in [1.807, 2.05) is 56.3 Å². The molecule has 1 aliphatic heterocycles. The third kappa shape index (κ3) is 5.83. The standard InChI is InChI=1S/C24H29ClN2O3/c1-17(2)24(29)27(16-18-10-12-20(25)13-11-18)22(19-7-4-3-5-8-19)23(28)26-15-21-9-6-14-30-21/h3-5,7-8,10-13,17,21-22H,6,9,14-16H2,1-2H3,(H,26,28)/t21-,22-/m0/s1. The van der Waals surface area contributed by atoms with Crippen molar-refractivity contribution in [3.63, 3.8) is 0 Å². The van der Waals surface area contributed by atoms with E-state index in [-0.39, 0.29) is 23.8 Å². The summed E-state index contributed by atoms with van der Waals surface area (Å²) in [5.41, 5.74) is 1.70. The monoisotopic (exact) mass is 428 g/mol. The predicted octanol–water partition coefficient (Wildman–Crippen LogP) is 4.36. The van der Waals surface area contributed by atoms with Crippen molar-refractivity contribution in [3.05, 3.63) is 70.7 Å². The lowest BCUT2D eigenvalue weighted by atomic mass is 10.0. The maximum Gasteiger partial charge on any atom is 0.247 e. The highest BCUT2D eigenvalue weighted by Gasteiger charge is 2.33. The SMILES string of the molecule is CC(C)C(=O)N(Cc1ccc(Cl)cc1)[C@H](C(=O)NC[C@@H]1CCCO1)c1ccccc1. The first kappa shape index (κ1) is 22.3. The molecule has 0 spiro atoms. The van der Waals surface area contributed by atoms with Gasteiger partial charge in [-0.25, -0.2) is 0 Å². The maximum absolute atomic E-state index is 13.3. The van der Waals surface area contributed by atoms with Crippen LogP contribution in [0, 0.1) is 5.92 Å². The molecular formula is C24H29ClN2O3. The van der Waals surface area contributed by atoms with Gasteiger partial charge < -0.3 is 15.0 Å². The molecule has 2 aromatic carbocycles. The molecule has 5 nitrogen and oxygen atoms in total. The fraction of sp³-hybridized carbons (Fsp3) is 0.417. The van der Waals surface area contributed by atoms with Gasteiger partial charge in [0.05, 0.1) is 6.10 Å². The number of hydrogen-bond donors (Lipinski definition) is 1. The molecule has 0 saturated carbocycles. The van der Waals surface area contributed by atoms with Gasteiger partial charge in [-0.1, -0.05) is 67.9 Å². The minimum absolute atomic E-state index is 0.0379. The molecule has 1 heterocycles. The Morgan fingerprint density at radius 2 is 1.83 bits per heavy atom. The molecular weight excluding hydrogens is 400 g/mol. The summed E-state index contributed by atoms with van der Waals surface area (Å²) in [4.78, 5) is 28.2. The van der Waals surface area contributed by atoms with Crippen LogP contribution in [0.5, 0.6) is 0 Å². The van der Waals surface area contributed by atoms with Crippen molar-refractivity contribution in [2.45, 2.75) is 45.4 Å². The number of nitrogens with zero attached hydrogens (tertiary/aromatic N) is 1. The van der Waals surface area contributed by atoms with E-state index in [4.69, 9.17) is 16.3 Å². The van der Waals surface area contributed by atoms with Crippen molar-refractivity contribution < 1.29 is 14.3 Å². The average molecular weight is 429 g/mol. The minimum atomic E-state index is -0.724. The lowest BCUT2D eigenvalue weighted by Gasteiger charge is -2.33. The zero-order valence-corrected chi connectivity index (χ0v) is 18.3. The molecule has 0 aromatic heterocycles. The molecule has 2 amide bonds. The van der Waals surface area contributed by atoms with Gasteiger partial charge in [0.15, 0.2) is 0 Å². The van der Waals surface area contributed by atoms with Gasteiger partial charge in [-0.05, 0) is 36.1 Å². The summed E-state index contributed by atoms with van der Waals surface area (Å²) in [6, 6.07) is 16.1. The van der Waals surface area contributed by atoms with Gasteiger partial charge in [0.1, 0.15) is 6.04 Å². The summed E-state index contributed by atoms with van der Waals surface area (Å²) in [5, 5.41) is 3.65. The maximum atomic E-state index is 13.3. The van der Waals surface area contributed by atoms with Gasteiger partial charge in [0.25, 0.3) is 0 Å². The molecule has 30 heavy (non-hydrogen) atoms. The van der Waals surface area contributed by atoms with Crippen LogP contribution in [0.25, 0.3) is 0 Å². The van der Waals surface area contributed by atoms with E-state index < -0.39 is 6.04 Å². The van der Waals surface area contributed by atoms with Crippen LogP contribution in [0.4, 0.5) is 0 Å². The normalized spacial score (nSPS) is 17.0. The van der Waals surface area contributed by atoms with Crippen molar-refractivity contribution in [1.82, 2.24) is 10.2 Å². The Labute approximate surface area is 183 Å². The molecule has 3 rings (SSSR count). The van der Waals surface area contributed by atoms with Gasteiger partial charge in [0, 0.05) is 30.6 Å². The summed E-state index contributed by atoms with van der Waals surface area (Å²) < 4.78 is 5.63. The smallest absolute Gasteiger partial charge is 0.247 e. The lowest BCUT2D eigenvalue weighted by Crippen LogP contribution is -2.46. The summed E-state index contributed by atoms with van der Waals surface area (Å²) in [7, 11) is 0. The fourth-order valence-electron chi connectivity index (χ4n) is 3.64. The Morgan fingerprint density at radius 3 is 2.43 bits per heavy atom. The second-order valence-electron chi connectivity index (χ2n) is 7.94. The number of nitrogens with one attached hydrogen (secondary N) is 1. The molecule has 1 aliphatic rings. The predicted molar refractivity (Wildman–Crippen MR) is 118 cm³/mol. The Kier molecular flexibility index (Phi) is 7.88. The van der Waals surface area contributed by atoms with Gasteiger partial charge in [-0.2, -0.15) is 0 Å². The van der Waals surface area contributed by atoms with Crippen LogP contribution in [0.15, 0.2) is 54.6 Å². The van der Waals surface area contributed by atoms with Crippen LogP contribution in [0.2, 0.25) is 5.02 Å². The van der Waals surface area contributed by atoms with Crippen molar-refractivity contribution in [2.24, 2.45) is 5.92 Å². The number of benzene rings is 2. The number of halogens is 1. The highest BCUT2D eigenvalue weighted by molar-refractivity contribution is 6.30. The second kappa shape index (κ2) is 10.6. The van der Waals surface area contributed by atoms with Crippen LogP contribution >= 0.6 is 11.6 Å². The van der Waals surface area contributed by atoms with Crippen LogP contribution in [0.1, 0.15) is 43.9 Å². The first-order valence-electron chi connectivity index (χ1n) is 10.4. The van der Waals surface area contributed by atoms with Crippen molar-refractivity contribution >= 4 is 23.4 Å². The van der Waals surface area contributed by atoms with Gasteiger partial charge in [-0.3, -0.25) is 9.59 Å². The molecule has 6 heteroatoms. The zero-order valence-electron chi connectivity index (χ0n) is 17.5. The molecule has 0 bridgehead atoms. The van der Waals surface area contributed by atoms with Crippen LogP contribution in [-0.4, -0.2) is 36.0 Å². The molecule has 1 fully saturated rings. The summed E-state index contributed by atoms with van der Waals surface area (Å²) in [6.45, 7) is 5.21. The van der Waals surface area contributed by atoms with E-state index >= 15 is 0 Å². The van der Waals surface area contributed by atoms with E-state index in [0.717, 1.165) is 30.6 Å². The third-order valence-electron chi connectivity index (χ3n) is 5.25. The quantitative estimate of drug-likeness (QED) is 0.679. The van der Waals surface area contributed by atoms with Crippen molar-refractivity contribution in [2.75, 3.05) is 13.2 Å². The van der Waals surface area contributed by atoms with E-state index in [2.05, 4.69) is 5.32 Å². The van der Waals surface area contributed by atoms with Crippen LogP contribution < -0.4 is 5.32 Å². The number of carbonyl (C=O) groups excluding carboxylic acids is 2. The van der Waals surface area contributed by atoms with Gasteiger partial charge in [0.2, 0.25) is 11.8 Å². The summed E-state index contributed by atoms with van der Waals surface area (Å²) >= 11 is 6.02. The Hall–Kier alpha value is -2.37. The zero-order chi connectivity index (χ0) is 21.5. The van der Waals surface area contributed by atoms with Crippen molar-refractivity contribution in [1.29, 1.82) is 0 Å². The number of amides is 2. The highest BCUT2D eigenvalue weighted by Crippen LogP contribution is 2.26. The van der Waals surface area contributed by atoms with Crippen LogP contribution in [0.3, 0.4) is 0 Å². The Bertz CT molecular complexity index is 833. The van der Waals surface area contributed by atoms with Crippen molar-refractivity contribution in [3.8, 4) is 0 Å². The minimum Gasteiger partial charge on any atom is -0.376 e. The Morgan fingerprint density at radius 1 is 1.13 bits per heavy atom. The van der Waals surface area contributed by atoms with Crippen LogP contribution in [-0.2, 0) is 20.9 Å². The number of carbonyl (C=O) groups is 2. The average Bonchev–Trinajstić information content (AvgIpc) is 3.27. The molecule has 0 unspecified atom stereocenters. The lowest BCUT2D eigenvalue weighted by molar-refractivity contribution is -0.144. The largest absolute Gasteiger partial charge is 0.376 e. The number of ether oxygens (including phenoxy) is 1. The Balaban J connectivity index is 1.89. The van der Waals surface area contributed by atoms with Gasteiger partial charge in [-0.15, -0.1) is 0 Å². The van der Waals surface area contributed by atoms with Gasteiger partial charge >= 0.3 is 0 Å². The molecule has 160 valence electrons. The van der Waals surface area contributed by atoms with E-state index in [1.165, 1.54) is 0 Å². The fourth-order valence-corrected chi connectivity index (χ4v) is 3.77. The highest BCUT2D eigenvalue weighted by atomic mass is 35.5. The molecule has 2 atom stereocenters.